The molecule has 0 fully saturated rings. The Kier molecular flexibility index (Phi) is 4.66. The Morgan fingerprint density at radius 2 is 2.10 bits per heavy atom. The molecule has 0 N–H and O–H groups in total. The lowest BCUT2D eigenvalue weighted by Gasteiger charge is -1.92. The Morgan fingerprint density at radius 1 is 1.50 bits per heavy atom. The zero-order valence-electron chi connectivity index (χ0n) is 6.90. The molecule has 1 unspecified atom stereocenters. The van der Waals surface area contributed by atoms with Crippen molar-refractivity contribution in [1.82, 2.24) is 0 Å². The fourth-order valence-corrected chi connectivity index (χ4v) is 0.394. The number of rotatable bonds is 2. The van der Waals surface area contributed by atoms with Crippen LogP contribution in [-0.4, -0.2) is 5.78 Å². The third-order valence-corrected chi connectivity index (χ3v) is 1.39. The highest BCUT2D eigenvalue weighted by Crippen LogP contribution is 1.96. The van der Waals surface area contributed by atoms with Gasteiger partial charge in [-0.15, -0.1) is 0 Å². The van der Waals surface area contributed by atoms with Gasteiger partial charge in [-0.25, -0.2) is 0 Å². The van der Waals surface area contributed by atoms with Crippen LogP contribution in [0.5, 0.6) is 0 Å². The van der Waals surface area contributed by atoms with Crippen molar-refractivity contribution >= 4 is 5.78 Å². The summed E-state index contributed by atoms with van der Waals surface area (Å²) in [5, 5.41) is 0. The van der Waals surface area contributed by atoms with Crippen molar-refractivity contribution in [3.63, 3.8) is 0 Å². The summed E-state index contributed by atoms with van der Waals surface area (Å²) in [4.78, 5) is 10.7. The Bertz CT molecular complexity index is 159. The first-order valence-electron chi connectivity index (χ1n) is 3.75. The van der Waals surface area contributed by atoms with Crippen LogP contribution < -0.4 is 0 Å². The average molecular weight is 138 g/mol. The molecule has 0 bridgehead atoms. The number of hydrogen-bond donors (Lipinski definition) is 0. The van der Waals surface area contributed by atoms with E-state index in [2.05, 4.69) is 18.8 Å². The highest BCUT2D eigenvalue weighted by atomic mass is 16.1. The summed E-state index contributed by atoms with van der Waals surface area (Å²) in [6.45, 7) is 5.92. The van der Waals surface area contributed by atoms with Crippen LogP contribution in [0, 0.1) is 17.8 Å². The van der Waals surface area contributed by atoms with E-state index in [1.54, 1.807) is 0 Å². The molecule has 0 radical (unpaired) electrons. The molecule has 10 heavy (non-hydrogen) atoms. The van der Waals surface area contributed by atoms with Gasteiger partial charge < -0.3 is 0 Å². The van der Waals surface area contributed by atoms with Crippen LogP contribution >= 0.6 is 0 Å². The minimum Gasteiger partial charge on any atom is -0.285 e. The SMILES string of the molecule is CCC(=O)C#CC(C)CC. The molecule has 1 heteroatoms. The van der Waals surface area contributed by atoms with Gasteiger partial charge in [0.1, 0.15) is 0 Å². The van der Waals surface area contributed by atoms with Gasteiger partial charge in [0.2, 0.25) is 5.78 Å². The van der Waals surface area contributed by atoms with Gasteiger partial charge in [0, 0.05) is 12.3 Å². The summed E-state index contributed by atoms with van der Waals surface area (Å²) in [5.74, 6) is 5.88. The molecule has 0 aromatic heterocycles. The quantitative estimate of drug-likeness (QED) is 0.421. The second kappa shape index (κ2) is 5.05. The van der Waals surface area contributed by atoms with E-state index < -0.39 is 0 Å². The van der Waals surface area contributed by atoms with Crippen LogP contribution in [0.15, 0.2) is 0 Å². The molecule has 0 spiro atoms. The van der Waals surface area contributed by atoms with E-state index in [1.165, 1.54) is 0 Å². The summed E-state index contributed by atoms with van der Waals surface area (Å²) < 4.78 is 0. The van der Waals surface area contributed by atoms with Crippen LogP contribution in [0.2, 0.25) is 0 Å². The van der Waals surface area contributed by atoms with Gasteiger partial charge in [-0.2, -0.15) is 0 Å². The minimum atomic E-state index is 0.0419. The van der Waals surface area contributed by atoms with Crippen LogP contribution in [0.1, 0.15) is 33.6 Å². The van der Waals surface area contributed by atoms with E-state index in [9.17, 15) is 4.79 Å². The molecule has 0 aromatic carbocycles. The number of Topliss-reactive ketones (excluding diaryl/α,β-unsaturated/α-hetero) is 1. The Morgan fingerprint density at radius 3 is 2.50 bits per heavy atom. The molecule has 0 saturated heterocycles. The molecule has 0 heterocycles. The Hall–Kier alpha value is -0.770. The van der Waals surface area contributed by atoms with Crippen molar-refractivity contribution < 1.29 is 4.79 Å². The maximum absolute atomic E-state index is 10.7. The van der Waals surface area contributed by atoms with E-state index in [0.29, 0.717) is 12.3 Å². The molecule has 0 saturated carbocycles. The van der Waals surface area contributed by atoms with E-state index >= 15 is 0 Å². The fraction of sp³-hybridized carbons (Fsp3) is 0.667. The van der Waals surface area contributed by atoms with Gasteiger partial charge in [0.05, 0.1) is 0 Å². The standard InChI is InChI=1S/C9H14O/c1-4-8(3)6-7-9(10)5-2/h8H,4-5H2,1-3H3. The lowest BCUT2D eigenvalue weighted by molar-refractivity contribution is -0.113. The molecule has 56 valence electrons. The van der Waals surface area contributed by atoms with Crippen LogP contribution in [0.4, 0.5) is 0 Å². The second-order valence-corrected chi connectivity index (χ2v) is 2.36. The number of carbonyl (C=O) groups is 1. The molecule has 0 amide bonds. The first-order chi connectivity index (χ1) is 4.70. The van der Waals surface area contributed by atoms with Crippen LogP contribution in [0.25, 0.3) is 0 Å². The fourth-order valence-electron chi connectivity index (χ4n) is 0.394. The van der Waals surface area contributed by atoms with E-state index in [-0.39, 0.29) is 5.78 Å². The molecule has 0 aliphatic carbocycles. The van der Waals surface area contributed by atoms with Crippen LogP contribution in [-0.2, 0) is 4.79 Å². The normalized spacial score (nSPS) is 11.5. The third kappa shape index (κ3) is 4.14. The molecular formula is C9H14O. The first-order valence-corrected chi connectivity index (χ1v) is 3.75. The highest BCUT2D eigenvalue weighted by molar-refractivity contribution is 5.95. The van der Waals surface area contributed by atoms with Gasteiger partial charge in [-0.3, -0.25) is 4.79 Å². The molecule has 0 aliphatic rings. The van der Waals surface area contributed by atoms with Crippen molar-refractivity contribution in [1.29, 1.82) is 0 Å². The van der Waals surface area contributed by atoms with Gasteiger partial charge in [-0.1, -0.05) is 26.7 Å². The van der Waals surface area contributed by atoms with Gasteiger partial charge in [-0.05, 0) is 12.3 Å². The average Bonchev–Trinajstić information content (AvgIpc) is 1.99. The zero-order valence-corrected chi connectivity index (χ0v) is 6.90. The lowest BCUT2D eigenvalue weighted by atomic mass is 10.1. The predicted octanol–water partition coefficient (Wildman–Crippen LogP) is 2.02. The van der Waals surface area contributed by atoms with E-state index in [0.717, 1.165) is 6.42 Å². The lowest BCUT2D eigenvalue weighted by Crippen LogP contribution is -1.91. The minimum absolute atomic E-state index is 0.0419. The van der Waals surface area contributed by atoms with Crippen LogP contribution in [0.3, 0.4) is 0 Å². The van der Waals surface area contributed by atoms with Gasteiger partial charge >= 0.3 is 0 Å². The smallest absolute Gasteiger partial charge is 0.205 e. The molecule has 0 aliphatic heterocycles. The number of carbonyl (C=O) groups excluding carboxylic acids is 1. The van der Waals surface area contributed by atoms with Crippen molar-refractivity contribution in [2.45, 2.75) is 33.6 Å². The summed E-state index contributed by atoms with van der Waals surface area (Å²) >= 11 is 0. The Balaban J connectivity index is 3.78. The second-order valence-electron chi connectivity index (χ2n) is 2.36. The maximum Gasteiger partial charge on any atom is 0.205 e. The predicted molar refractivity (Wildman–Crippen MR) is 42.5 cm³/mol. The summed E-state index contributed by atoms with van der Waals surface area (Å²) in [5.41, 5.74) is 0. The zero-order chi connectivity index (χ0) is 7.98. The summed E-state index contributed by atoms with van der Waals surface area (Å²) in [7, 11) is 0. The molecule has 0 rings (SSSR count). The summed E-state index contributed by atoms with van der Waals surface area (Å²) in [6.07, 6.45) is 1.55. The first kappa shape index (κ1) is 9.23. The topological polar surface area (TPSA) is 17.1 Å². The maximum atomic E-state index is 10.7. The molecule has 1 nitrogen and oxygen atoms in total. The highest BCUT2D eigenvalue weighted by Gasteiger charge is 1.91. The number of hydrogen-bond acceptors (Lipinski definition) is 1. The van der Waals surface area contributed by atoms with Crippen molar-refractivity contribution in [2.75, 3.05) is 0 Å². The van der Waals surface area contributed by atoms with Crippen molar-refractivity contribution in [3.8, 4) is 11.8 Å². The Labute approximate surface area is 62.8 Å². The van der Waals surface area contributed by atoms with E-state index in [4.69, 9.17) is 0 Å². The van der Waals surface area contributed by atoms with Crippen molar-refractivity contribution in [2.24, 2.45) is 5.92 Å². The van der Waals surface area contributed by atoms with Crippen molar-refractivity contribution in [3.05, 3.63) is 0 Å². The molecule has 1 atom stereocenters. The van der Waals surface area contributed by atoms with Gasteiger partial charge in [0.25, 0.3) is 0 Å². The number of ketones is 1. The summed E-state index contributed by atoms with van der Waals surface area (Å²) in [6, 6.07) is 0. The monoisotopic (exact) mass is 138 g/mol. The largest absolute Gasteiger partial charge is 0.285 e. The molecule has 0 aromatic rings. The molecular weight excluding hydrogens is 124 g/mol. The third-order valence-electron chi connectivity index (χ3n) is 1.39. The van der Waals surface area contributed by atoms with E-state index in [1.807, 2.05) is 13.8 Å². The van der Waals surface area contributed by atoms with Gasteiger partial charge in [0.15, 0.2) is 0 Å².